The molecule has 0 bridgehead atoms. The van der Waals surface area contributed by atoms with Gasteiger partial charge in [0.05, 0.1) is 10.5 Å². The second-order valence-corrected chi connectivity index (χ2v) is 6.91. The third kappa shape index (κ3) is 2.65. The van der Waals surface area contributed by atoms with E-state index >= 15 is 0 Å². The molecule has 3 amide bonds. The minimum Gasteiger partial charge on any atom is -0.309 e. The first-order valence-electron chi connectivity index (χ1n) is 8.93. The lowest BCUT2D eigenvalue weighted by Gasteiger charge is -2.24. The summed E-state index contributed by atoms with van der Waals surface area (Å²) in [5.74, 6) is -1.52. The lowest BCUT2D eigenvalue weighted by molar-refractivity contribution is -0.385. The van der Waals surface area contributed by atoms with E-state index in [1.807, 2.05) is 31.2 Å². The Balaban J connectivity index is 1.53. The highest BCUT2D eigenvalue weighted by molar-refractivity contribution is 6.23. The molecule has 2 aliphatic rings. The van der Waals surface area contributed by atoms with Crippen molar-refractivity contribution < 1.29 is 19.3 Å². The Kier molecular flexibility index (Phi) is 4.18. The van der Waals surface area contributed by atoms with Crippen LogP contribution in [-0.2, 0) is 11.2 Å². The molecule has 1 unspecified atom stereocenters. The first-order chi connectivity index (χ1) is 13.4. The fourth-order valence-electron chi connectivity index (χ4n) is 3.94. The summed E-state index contributed by atoms with van der Waals surface area (Å²) >= 11 is 0. The fourth-order valence-corrected chi connectivity index (χ4v) is 3.94. The van der Waals surface area contributed by atoms with Crippen LogP contribution < -0.4 is 4.90 Å². The Bertz CT molecular complexity index is 1030. The van der Waals surface area contributed by atoms with Crippen LogP contribution in [0.4, 0.5) is 11.4 Å². The summed E-state index contributed by atoms with van der Waals surface area (Å²) in [5.41, 5.74) is 1.33. The van der Waals surface area contributed by atoms with Crippen molar-refractivity contribution in [3.63, 3.8) is 0 Å². The number of carbonyl (C=O) groups is 3. The molecule has 2 heterocycles. The van der Waals surface area contributed by atoms with Crippen LogP contribution >= 0.6 is 0 Å². The highest BCUT2D eigenvalue weighted by atomic mass is 16.6. The second-order valence-electron chi connectivity index (χ2n) is 6.91. The van der Waals surface area contributed by atoms with Gasteiger partial charge in [0, 0.05) is 30.8 Å². The highest BCUT2D eigenvalue weighted by Crippen LogP contribution is 2.33. The van der Waals surface area contributed by atoms with Gasteiger partial charge in [0.1, 0.15) is 5.56 Å². The average Bonchev–Trinajstić information content (AvgIpc) is 3.13. The topological polar surface area (TPSA) is 101 Å². The van der Waals surface area contributed by atoms with Crippen molar-refractivity contribution >= 4 is 29.1 Å². The van der Waals surface area contributed by atoms with E-state index < -0.39 is 22.4 Å². The number of nitro benzene ring substituents is 1. The zero-order valence-corrected chi connectivity index (χ0v) is 15.1. The number of fused-ring (bicyclic) bond motifs is 2. The molecular weight excluding hydrogens is 362 g/mol. The minimum atomic E-state index is -0.727. The Morgan fingerprint density at radius 3 is 2.64 bits per heavy atom. The number of para-hydroxylation sites is 1. The molecule has 142 valence electrons. The van der Waals surface area contributed by atoms with Gasteiger partial charge >= 0.3 is 0 Å². The normalized spacial score (nSPS) is 17.7. The molecule has 0 N–H and O–H groups in total. The van der Waals surface area contributed by atoms with E-state index in [1.165, 1.54) is 18.2 Å². The molecule has 28 heavy (non-hydrogen) atoms. The highest BCUT2D eigenvalue weighted by Gasteiger charge is 2.41. The van der Waals surface area contributed by atoms with E-state index in [1.54, 1.807) is 4.90 Å². The van der Waals surface area contributed by atoms with Crippen molar-refractivity contribution in [2.45, 2.75) is 25.8 Å². The molecule has 0 saturated carbocycles. The van der Waals surface area contributed by atoms with Crippen LogP contribution in [0.1, 0.15) is 39.6 Å². The molecular formula is C20H17N3O5. The zero-order valence-electron chi connectivity index (χ0n) is 15.1. The number of amides is 3. The van der Waals surface area contributed by atoms with Gasteiger partial charge < -0.3 is 4.90 Å². The number of nitrogens with zero attached hydrogens (tertiary/aromatic N) is 3. The maximum absolute atomic E-state index is 12.8. The molecule has 8 heteroatoms. The molecule has 8 nitrogen and oxygen atoms in total. The molecule has 0 fully saturated rings. The molecule has 0 spiro atoms. The van der Waals surface area contributed by atoms with Crippen LogP contribution in [0.25, 0.3) is 0 Å². The summed E-state index contributed by atoms with van der Waals surface area (Å²) in [4.78, 5) is 51.1. The smallest absolute Gasteiger partial charge is 0.282 e. The Labute approximate surface area is 160 Å². The van der Waals surface area contributed by atoms with E-state index in [2.05, 4.69) is 0 Å². The van der Waals surface area contributed by atoms with Crippen molar-refractivity contribution in [2.75, 3.05) is 11.4 Å². The van der Waals surface area contributed by atoms with Gasteiger partial charge in [-0.2, -0.15) is 0 Å². The molecule has 2 aromatic rings. The molecule has 0 aromatic heterocycles. The van der Waals surface area contributed by atoms with Crippen molar-refractivity contribution in [3.8, 4) is 0 Å². The molecule has 2 aliphatic heterocycles. The SMILES string of the molecule is CC1Cc2ccccc2N1C(=O)CCN1C(=O)c2cccc([N+](=O)[O-])c2C1=O. The van der Waals surface area contributed by atoms with Crippen molar-refractivity contribution in [2.24, 2.45) is 0 Å². The van der Waals surface area contributed by atoms with E-state index in [0.29, 0.717) is 0 Å². The summed E-state index contributed by atoms with van der Waals surface area (Å²) in [6, 6.07) is 11.6. The van der Waals surface area contributed by atoms with Crippen LogP contribution in [-0.4, -0.2) is 40.1 Å². The summed E-state index contributed by atoms with van der Waals surface area (Å²) in [5, 5.41) is 11.2. The fraction of sp³-hybridized carbons (Fsp3) is 0.250. The number of imide groups is 1. The third-order valence-electron chi connectivity index (χ3n) is 5.20. The van der Waals surface area contributed by atoms with Crippen LogP contribution in [0.15, 0.2) is 42.5 Å². The predicted molar refractivity (Wildman–Crippen MR) is 100 cm³/mol. The number of anilines is 1. The molecule has 0 aliphatic carbocycles. The first-order valence-corrected chi connectivity index (χ1v) is 8.93. The van der Waals surface area contributed by atoms with E-state index in [-0.39, 0.29) is 36.0 Å². The van der Waals surface area contributed by atoms with Gasteiger partial charge in [-0.3, -0.25) is 29.4 Å². The van der Waals surface area contributed by atoms with Gasteiger partial charge in [-0.1, -0.05) is 24.3 Å². The van der Waals surface area contributed by atoms with Gasteiger partial charge in [-0.05, 0) is 31.0 Å². The minimum absolute atomic E-state index is 0.00605. The van der Waals surface area contributed by atoms with Crippen molar-refractivity contribution in [1.82, 2.24) is 4.90 Å². The number of carbonyl (C=O) groups excluding carboxylic acids is 3. The average molecular weight is 379 g/mol. The Hall–Kier alpha value is -3.55. The summed E-state index contributed by atoms with van der Waals surface area (Å²) in [6.45, 7) is 1.83. The Morgan fingerprint density at radius 2 is 1.89 bits per heavy atom. The van der Waals surface area contributed by atoms with E-state index in [9.17, 15) is 24.5 Å². The van der Waals surface area contributed by atoms with Crippen LogP contribution in [0, 0.1) is 10.1 Å². The van der Waals surface area contributed by atoms with Crippen LogP contribution in [0.5, 0.6) is 0 Å². The van der Waals surface area contributed by atoms with Crippen molar-refractivity contribution in [3.05, 3.63) is 69.3 Å². The molecule has 0 saturated heterocycles. The van der Waals surface area contributed by atoms with Crippen LogP contribution in [0.2, 0.25) is 0 Å². The van der Waals surface area contributed by atoms with E-state index in [0.717, 1.165) is 22.6 Å². The number of rotatable bonds is 4. The van der Waals surface area contributed by atoms with Gasteiger partial charge in [0.25, 0.3) is 17.5 Å². The zero-order chi connectivity index (χ0) is 20.0. The number of hydrogen-bond acceptors (Lipinski definition) is 5. The Morgan fingerprint density at radius 1 is 1.14 bits per heavy atom. The molecule has 4 rings (SSSR count). The lowest BCUT2D eigenvalue weighted by Crippen LogP contribution is -2.39. The third-order valence-corrected chi connectivity index (χ3v) is 5.20. The number of nitro groups is 1. The summed E-state index contributed by atoms with van der Waals surface area (Å²) < 4.78 is 0. The molecule has 1 atom stereocenters. The first kappa shape index (κ1) is 17.8. The van der Waals surface area contributed by atoms with Crippen molar-refractivity contribution in [1.29, 1.82) is 0 Å². The second kappa shape index (κ2) is 6.56. The molecule has 2 aromatic carbocycles. The van der Waals surface area contributed by atoms with E-state index in [4.69, 9.17) is 0 Å². The predicted octanol–water partition coefficient (Wildman–Crippen LogP) is 2.56. The number of hydrogen-bond donors (Lipinski definition) is 0. The summed E-state index contributed by atoms with van der Waals surface area (Å²) in [7, 11) is 0. The largest absolute Gasteiger partial charge is 0.309 e. The standard InChI is InChI=1S/C20H17N3O5/c1-12-11-13-5-2-3-7-15(13)22(12)17(24)9-10-21-19(25)14-6-4-8-16(23(27)28)18(14)20(21)26/h2-8,12H,9-11H2,1H3. The number of benzene rings is 2. The monoisotopic (exact) mass is 379 g/mol. The quantitative estimate of drug-likeness (QED) is 0.462. The van der Waals surface area contributed by atoms with Gasteiger partial charge in [0.2, 0.25) is 5.91 Å². The maximum Gasteiger partial charge on any atom is 0.282 e. The van der Waals surface area contributed by atoms with Gasteiger partial charge in [-0.25, -0.2) is 0 Å². The maximum atomic E-state index is 12.8. The summed E-state index contributed by atoms with van der Waals surface area (Å²) in [6.07, 6.45) is 0.707. The van der Waals surface area contributed by atoms with Crippen LogP contribution in [0.3, 0.4) is 0 Å². The lowest BCUT2D eigenvalue weighted by atomic mass is 10.1. The van der Waals surface area contributed by atoms with Gasteiger partial charge in [0.15, 0.2) is 0 Å². The molecule has 0 radical (unpaired) electrons. The van der Waals surface area contributed by atoms with Gasteiger partial charge in [-0.15, -0.1) is 0 Å².